The third-order valence-corrected chi connectivity index (χ3v) is 5.37. The predicted molar refractivity (Wildman–Crippen MR) is 119 cm³/mol. The fourth-order valence-electron chi connectivity index (χ4n) is 3.41. The van der Waals surface area contributed by atoms with Gasteiger partial charge in [-0.05, 0) is 25.3 Å². The molecule has 6 heteroatoms. The summed E-state index contributed by atoms with van der Waals surface area (Å²) < 4.78 is 0. The van der Waals surface area contributed by atoms with E-state index >= 15 is 0 Å². The highest BCUT2D eigenvalue weighted by molar-refractivity contribution is 5.94. The van der Waals surface area contributed by atoms with E-state index in [0.717, 1.165) is 6.42 Å². The summed E-state index contributed by atoms with van der Waals surface area (Å²) in [6.45, 7) is 6.77. The van der Waals surface area contributed by atoms with E-state index < -0.39 is 4.92 Å². The number of nitrogens with zero attached hydrogens (tertiary/aromatic N) is 1. The van der Waals surface area contributed by atoms with Crippen LogP contribution in [-0.2, 0) is 0 Å². The first-order valence-corrected chi connectivity index (χ1v) is 11.2. The molecule has 1 aromatic rings. The number of amides is 1. The lowest BCUT2D eigenvalue weighted by molar-refractivity contribution is -0.385. The minimum absolute atomic E-state index is 0.0352. The van der Waals surface area contributed by atoms with Gasteiger partial charge in [-0.3, -0.25) is 20.3 Å². The molecule has 0 fully saturated rings. The third-order valence-electron chi connectivity index (χ3n) is 5.37. The Morgan fingerprint density at radius 2 is 1.62 bits per heavy atom. The van der Waals surface area contributed by atoms with E-state index in [-0.39, 0.29) is 17.2 Å². The second-order valence-corrected chi connectivity index (χ2v) is 8.17. The number of carbonyl (C=O) groups excluding carboxylic acids is 1. The molecule has 164 valence electrons. The van der Waals surface area contributed by atoms with Gasteiger partial charge >= 0.3 is 0 Å². The second kappa shape index (κ2) is 15.0. The Morgan fingerprint density at radius 1 is 1.03 bits per heavy atom. The molecular weight excluding hydrogens is 366 g/mol. The van der Waals surface area contributed by atoms with Gasteiger partial charge in [-0.25, -0.2) is 5.43 Å². The molecular formula is C23H39N3O3. The molecule has 1 rings (SSSR count). The van der Waals surface area contributed by atoms with Gasteiger partial charge < -0.3 is 0 Å². The smallest absolute Gasteiger partial charge is 0.273 e. The van der Waals surface area contributed by atoms with Gasteiger partial charge in [0.25, 0.3) is 11.6 Å². The number of aryl methyl sites for hydroxylation is 1. The van der Waals surface area contributed by atoms with Crippen LogP contribution in [0.15, 0.2) is 18.2 Å². The monoisotopic (exact) mass is 405 g/mol. The molecule has 29 heavy (non-hydrogen) atoms. The van der Waals surface area contributed by atoms with Crippen LogP contribution in [0.5, 0.6) is 0 Å². The topological polar surface area (TPSA) is 84.3 Å². The number of nitro groups is 1. The zero-order valence-electron chi connectivity index (χ0n) is 18.5. The Hall–Kier alpha value is -1.95. The number of nitro benzene ring substituents is 1. The van der Waals surface area contributed by atoms with Crippen LogP contribution < -0.4 is 10.9 Å². The maximum absolute atomic E-state index is 12.2. The van der Waals surface area contributed by atoms with Crippen molar-refractivity contribution >= 4 is 11.6 Å². The summed E-state index contributed by atoms with van der Waals surface area (Å²) in [5.41, 5.74) is 6.41. The molecule has 0 aliphatic heterocycles. The largest absolute Gasteiger partial charge is 0.287 e. The summed E-state index contributed by atoms with van der Waals surface area (Å²) >= 11 is 0. The standard InChI is InChI=1S/C23H39N3O3/c1-4-5-6-7-8-9-10-11-12-13-14-19(2)18-24-25-23(27)21-16-15-20(3)22(17-21)26(28)29/h15-17,19,24H,4-14,18H2,1-3H3,(H,25,27). The zero-order valence-corrected chi connectivity index (χ0v) is 18.5. The van der Waals surface area contributed by atoms with Crippen LogP contribution in [0.2, 0.25) is 0 Å². The van der Waals surface area contributed by atoms with Crippen molar-refractivity contribution in [2.24, 2.45) is 5.92 Å². The van der Waals surface area contributed by atoms with Crippen molar-refractivity contribution < 1.29 is 9.72 Å². The molecule has 0 heterocycles. The average molecular weight is 406 g/mol. The summed E-state index contributed by atoms with van der Waals surface area (Å²) in [5, 5.41) is 11.0. The molecule has 0 saturated carbocycles. The highest BCUT2D eigenvalue weighted by Gasteiger charge is 2.14. The Kier molecular flexibility index (Phi) is 12.9. The molecule has 1 aromatic carbocycles. The van der Waals surface area contributed by atoms with Crippen molar-refractivity contribution in [3.8, 4) is 0 Å². The van der Waals surface area contributed by atoms with E-state index in [1.54, 1.807) is 19.1 Å². The quantitative estimate of drug-likeness (QED) is 0.198. The first-order valence-electron chi connectivity index (χ1n) is 11.2. The molecule has 0 saturated heterocycles. The van der Waals surface area contributed by atoms with Gasteiger partial charge in [0.1, 0.15) is 0 Å². The SMILES string of the molecule is CCCCCCCCCCCCC(C)CNNC(=O)c1ccc(C)c([N+](=O)[O-])c1. The van der Waals surface area contributed by atoms with E-state index in [2.05, 4.69) is 24.7 Å². The lowest BCUT2D eigenvalue weighted by atomic mass is 10.0. The van der Waals surface area contributed by atoms with Crippen molar-refractivity contribution in [1.29, 1.82) is 0 Å². The van der Waals surface area contributed by atoms with Crippen LogP contribution in [0, 0.1) is 23.0 Å². The summed E-state index contributed by atoms with van der Waals surface area (Å²) in [4.78, 5) is 22.7. The Morgan fingerprint density at radius 3 is 2.21 bits per heavy atom. The van der Waals surface area contributed by atoms with Crippen LogP contribution >= 0.6 is 0 Å². The van der Waals surface area contributed by atoms with Crippen molar-refractivity contribution in [3.05, 3.63) is 39.4 Å². The maximum Gasteiger partial charge on any atom is 0.273 e. The van der Waals surface area contributed by atoms with E-state index in [1.807, 2.05) is 0 Å². The normalized spacial score (nSPS) is 12.0. The van der Waals surface area contributed by atoms with Gasteiger partial charge in [-0.1, -0.05) is 84.1 Å². The molecule has 1 amide bonds. The summed E-state index contributed by atoms with van der Waals surface area (Å²) in [6, 6.07) is 4.52. The summed E-state index contributed by atoms with van der Waals surface area (Å²) in [6.07, 6.45) is 14.5. The molecule has 0 bridgehead atoms. The van der Waals surface area contributed by atoms with Gasteiger partial charge in [0.2, 0.25) is 0 Å². The number of benzene rings is 1. The first-order chi connectivity index (χ1) is 14.0. The summed E-state index contributed by atoms with van der Waals surface area (Å²) in [5.74, 6) is 0.121. The van der Waals surface area contributed by atoms with Crippen LogP contribution in [0.25, 0.3) is 0 Å². The number of nitrogens with one attached hydrogen (secondary N) is 2. The summed E-state index contributed by atoms with van der Waals surface area (Å²) in [7, 11) is 0. The lowest BCUT2D eigenvalue weighted by Gasteiger charge is -2.13. The Labute approximate surface area is 176 Å². The highest BCUT2D eigenvalue weighted by atomic mass is 16.6. The molecule has 0 aliphatic rings. The Balaban J connectivity index is 2.10. The average Bonchev–Trinajstić information content (AvgIpc) is 2.69. The molecule has 1 unspecified atom stereocenters. The van der Waals surface area contributed by atoms with Gasteiger partial charge in [0.15, 0.2) is 0 Å². The zero-order chi connectivity index (χ0) is 21.5. The predicted octanol–water partition coefficient (Wildman–Crippen LogP) is 6.08. The molecule has 2 N–H and O–H groups in total. The third kappa shape index (κ3) is 11.0. The van der Waals surface area contributed by atoms with Gasteiger partial charge in [-0.2, -0.15) is 0 Å². The number of carbonyl (C=O) groups is 1. The first kappa shape index (κ1) is 25.1. The molecule has 1 atom stereocenters. The van der Waals surface area contributed by atoms with E-state index in [9.17, 15) is 14.9 Å². The molecule has 0 radical (unpaired) electrons. The number of hydrogen-bond donors (Lipinski definition) is 2. The Bertz CT molecular complexity index is 619. The van der Waals surface area contributed by atoms with E-state index in [1.165, 1.54) is 70.3 Å². The van der Waals surface area contributed by atoms with Crippen molar-refractivity contribution in [1.82, 2.24) is 10.9 Å². The van der Waals surface area contributed by atoms with Crippen LogP contribution in [-0.4, -0.2) is 17.4 Å². The van der Waals surface area contributed by atoms with Crippen molar-refractivity contribution in [2.75, 3.05) is 6.54 Å². The molecule has 0 aliphatic carbocycles. The van der Waals surface area contributed by atoms with Gasteiger partial charge in [-0.15, -0.1) is 0 Å². The molecule has 0 aromatic heterocycles. The molecule has 0 spiro atoms. The van der Waals surface area contributed by atoms with Gasteiger partial charge in [0.05, 0.1) is 4.92 Å². The van der Waals surface area contributed by atoms with E-state index in [4.69, 9.17) is 0 Å². The number of rotatable bonds is 16. The second-order valence-electron chi connectivity index (χ2n) is 8.17. The molecule has 6 nitrogen and oxygen atoms in total. The number of hydrazine groups is 1. The van der Waals surface area contributed by atoms with Crippen LogP contribution in [0.4, 0.5) is 5.69 Å². The van der Waals surface area contributed by atoms with Crippen molar-refractivity contribution in [3.63, 3.8) is 0 Å². The highest BCUT2D eigenvalue weighted by Crippen LogP contribution is 2.19. The fraction of sp³-hybridized carbons (Fsp3) is 0.696. The minimum Gasteiger partial charge on any atom is -0.287 e. The number of unbranched alkanes of at least 4 members (excludes halogenated alkanes) is 9. The maximum atomic E-state index is 12.2. The lowest BCUT2D eigenvalue weighted by Crippen LogP contribution is -2.39. The minimum atomic E-state index is -0.464. The van der Waals surface area contributed by atoms with E-state index in [0.29, 0.717) is 18.0 Å². The van der Waals surface area contributed by atoms with Crippen LogP contribution in [0.3, 0.4) is 0 Å². The van der Waals surface area contributed by atoms with Crippen LogP contribution in [0.1, 0.15) is 100 Å². The number of hydrogen-bond acceptors (Lipinski definition) is 4. The van der Waals surface area contributed by atoms with Crippen molar-refractivity contribution in [2.45, 2.75) is 91.4 Å². The van der Waals surface area contributed by atoms with Gasteiger partial charge in [0, 0.05) is 23.7 Å². The fourth-order valence-corrected chi connectivity index (χ4v) is 3.41.